The molecule has 1 aromatic rings. The molecule has 15 heavy (non-hydrogen) atoms. The third kappa shape index (κ3) is 1.96. The fourth-order valence-electron chi connectivity index (χ4n) is 1.63. The maximum absolute atomic E-state index is 3.63. The van der Waals surface area contributed by atoms with E-state index in [-0.39, 0.29) is 0 Å². The van der Waals surface area contributed by atoms with Crippen molar-refractivity contribution < 1.29 is 0 Å². The minimum Gasteiger partial charge on any atom is -0.0550 e. The quantitative estimate of drug-likeness (QED) is 0.265. The van der Waals surface area contributed by atoms with E-state index >= 15 is 0 Å². The molecule has 0 amide bonds. The molecule has 0 fully saturated rings. The maximum Gasteiger partial charge on any atom is 0.0477 e. The zero-order chi connectivity index (χ0) is 11.3. The number of hydrogen-bond donors (Lipinski definition) is 0. The number of fused-ring (bicyclic) bond motifs is 1. The Morgan fingerprint density at radius 1 is 0.867 bits per heavy atom. The second kappa shape index (κ2) is 4.56. The summed E-state index contributed by atoms with van der Waals surface area (Å²) in [4.78, 5) is 0. The predicted octanol–water partition coefficient (Wildman–Crippen LogP) is 6.59. The average molecular weight is 525 g/mol. The van der Waals surface area contributed by atoms with Gasteiger partial charge in [0.05, 0.1) is 0 Å². The third-order valence-corrected chi connectivity index (χ3v) is 8.22. The fourth-order valence-corrected chi connectivity index (χ4v) is 4.73. The average Bonchev–Trinajstić information content (AvgIpc) is 2.50. The number of rotatable bonds is 0. The first-order valence-corrected chi connectivity index (χ1v) is 8.14. The van der Waals surface area contributed by atoms with Crippen LogP contribution in [-0.2, 0) is 0 Å². The van der Waals surface area contributed by atoms with Crippen molar-refractivity contribution in [2.75, 3.05) is 0 Å². The van der Waals surface area contributed by atoms with E-state index in [4.69, 9.17) is 0 Å². The van der Waals surface area contributed by atoms with E-state index in [1.807, 2.05) is 0 Å². The van der Waals surface area contributed by atoms with E-state index in [1.54, 1.807) is 0 Å². The number of allylic oxidation sites excluding steroid dienone is 1. The van der Waals surface area contributed by atoms with Gasteiger partial charge in [-0.1, -0.05) is 22.9 Å². The second-order valence-electron chi connectivity index (χ2n) is 3.33. The first-order valence-electron chi connectivity index (χ1n) is 4.18. The molecule has 2 rings (SSSR count). The molecule has 0 saturated heterocycles. The zero-order valence-electron chi connectivity index (χ0n) is 7.54. The molecule has 1 unspecified atom stereocenters. The SMILES string of the molecule is CC1C(Br)=Cc2c(Br)c(Br)c(Br)c(Br)c21. The molecule has 1 aliphatic carbocycles. The van der Waals surface area contributed by atoms with Gasteiger partial charge in [0.15, 0.2) is 0 Å². The van der Waals surface area contributed by atoms with Crippen LogP contribution >= 0.6 is 79.6 Å². The molecule has 0 radical (unpaired) electrons. The van der Waals surface area contributed by atoms with Crippen molar-refractivity contribution in [2.45, 2.75) is 12.8 Å². The minimum absolute atomic E-state index is 0.398. The van der Waals surface area contributed by atoms with Crippen LogP contribution in [0.15, 0.2) is 22.4 Å². The summed E-state index contributed by atoms with van der Waals surface area (Å²) in [5.41, 5.74) is 2.54. The van der Waals surface area contributed by atoms with E-state index in [1.165, 1.54) is 15.6 Å². The molecule has 0 aliphatic heterocycles. The van der Waals surface area contributed by atoms with Crippen molar-refractivity contribution in [3.63, 3.8) is 0 Å². The van der Waals surface area contributed by atoms with Crippen LogP contribution in [0.25, 0.3) is 6.08 Å². The summed E-state index contributed by atoms with van der Waals surface area (Å²) in [5.74, 6) is 0.398. The lowest BCUT2D eigenvalue weighted by Crippen LogP contribution is -1.94. The highest BCUT2D eigenvalue weighted by molar-refractivity contribution is 9.15. The monoisotopic (exact) mass is 520 g/mol. The van der Waals surface area contributed by atoms with Gasteiger partial charge in [-0.15, -0.1) is 0 Å². The van der Waals surface area contributed by atoms with Gasteiger partial charge >= 0.3 is 0 Å². The fraction of sp³-hybridized carbons (Fsp3) is 0.200. The molecule has 1 aromatic carbocycles. The summed E-state index contributed by atoms with van der Waals surface area (Å²) < 4.78 is 5.51. The van der Waals surface area contributed by atoms with Crippen molar-refractivity contribution >= 4 is 85.7 Å². The van der Waals surface area contributed by atoms with Crippen LogP contribution in [0.2, 0.25) is 0 Å². The second-order valence-corrected chi connectivity index (χ2v) is 7.42. The summed E-state index contributed by atoms with van der Waals surface area (Å²) in [6.45, 7) is 2.18. The Balaban J connectivity index is 2.82. The topological polar surface area (TPSA) is 0 Å². The first kappa shape index (κ1) is 12.8. The van der Waals surface area contributed by atoms with Crippen LogP contribution in [0, 0.1) is 0 Å². The lowest BCUT2D eigenvalue weighted by molar-refractivity contribution is 0.967. The van der Waals surface area contributed by atoms with Gasteiger partial charge in [-0.05, 0) is 80.9 Å². The molecule has 1 atom stereocenters. The van der Waals surface area contributed by atoms with Gasteiger partial charge in [0.1, 0.15) is 0 Å². The van der Waals surface area contributed by atoms with Gasteiger partial charge in [-0.2, -0.15) is 0 Å². The van der Waals surface area contributed by atoms with Crippen LogP contribution in [0.3, 0.4) is 0 Å². The normalized spacial score (nSPS) is 19.1. The molecule has 0 bridgehead atoms. The number of hydrogen-bond acceptors (Lipinski definition) is 0. The van der Waals surface area contributed by atoms with Crippen molar-refractivity contribution in [2.24, 2.45) is 0 Å². The molecule has 5 heteroatoms. The Bertz CT molecular complexity index is 475. The van der Waals surface area contributed by atoms with Crippen LogP contribution in [-0.4, -0.2) is 0 Å². The lowest BCUT2D eigenvalue weighted by atomic mass is 10.0. The van der Waals surface area contributed by atoms with Crippen LogP contribution in [0.4, 0.5) is 0 Å². The highest BCUT2D eigenvalue weighted by Gasteiger charge is 2.27. The van der Waals surface area contributed by atoms with Crippen LogP contribution in [0.5, 0.6) is 0 Å². The molecular formula is C10H5Br5. The van der Waals surface area contributed by atoms with Crippen molar-refractivity contribution in [1.82, 2.24) is 0 Å². The predicted molar refractivity (Wildman–Crippen MR) is 82.6 cm³/mol. The molecule has 0 spiro atoms. The highest BCUT2D eigenvalue weighted by atomic mass is 79.9. The lowest BCUT2D eigenvalue weighted by Gasteiger charge is -2.14. The zero-order valence-corrected chi connectivity index (χ0v) is 15.5. The Kier molecular flexibility index (Phi) is 3.89. The van der Waals surface area contributed by atoms with Gasteiger partial charge in [-0.3, -0.25) is 0 Å². The Morgan fingerprint density at radius 3 is 2.00 bits per heavy atom. The summed E-state index contributed by atoms with van der Waals surface area (Å²) >= 11 is 18.0. The van der Waals surface area contributed by atoms with Gasteiger partial charge in [0, 0.05) is 28.3 Å². The van der Waals surface area contributed by atoms with E-state index in [9.17, 15) is 0 Å². The Morgan fingerprint density at radius 2 is 1.40 bits per heavy atom. The third-order valence-electron chi connectivity index (χ3n) is 2.47. The molecular weight excluding hydrogens is 520 g/mol. The molecule has 1 aliphatic rings. The van der Waals surface area contributed by atoms with E-state index in [0.29, 0.717) is 5.92 Å². The van der Waals surface area contributed by atoms with E-state index in [0.717, 1.165) is 17.9 Å². The van der Waals surface area contributed by atoms with E-state index in [2.05, 4.69) is 92.6 Å². The summed E-state index contributed by atoms with van der Waals surface area (Å²) in [6, 6.07) is 0. The van der Waals surface area contributed by atoms with Gasteiger partial charge in [-0.25, -0.2) is 0 Å². The number of halogens is 5. The van der Waals surface area contributed by atoms with Crippen LogP contribution in [0.1, 0.15) is 24.0 Å². The molecule has 0 N–H and O–H groups in total. The smallest absolute Gasteiger partial charge is 0.0477 e. The maximum atomic E-state index is 3.63. The van der Waals surface area contributed by atoms with Gasteiger partial charge < -0.3 is 0 Å². The summed E-state index contributed by atoms with van der Waals surface area (Å²) in [6.07, 6.45) is 2.16. The highest BCUT2D eigenvalue weighted by Crippen LogP contribution is 2.51. The largest absolute Gasteiger partial charge is 0.0550 e. The molecule has 0 aromatic heterocycles. The first-order chi connectivity index (χ1) is 6.95. The Hall–Kier alpha value is 1.36. The van der Waals surface area contributed by atoms with Gasteiger partial charge in [0.2, 0.25) is 0 Å². The van der Waals surface area contributed by atoms with Crippen molar-refractivity contribution in [3.05, 3.63) is 33.5 Å². The van der Waals surface area contributed by atoms with Crippen LogP contribution < -0.4 is 0 Å². The van der Waals surface area contributed by atoms with Gasteiger partial charge in [0.25, 0.3) is 0 Å². The standard InChI is InChI=1S/C10H5Br5/c1-3-5(11)2-4-6(3)8(13)10(15)9(14)7(4)12/h2-3H,1H3. The van der Waals surface area contributed by atoms with Crippen molar-refractivity contribution in [1.29, 1.82) is 0 Å². The minimum atomic E-state index is 0.398. The molecule has 0 saturated carbocycles. The Labute approximate surface area is 131 Å². The molecule has 80 valence electrons. The molecule has 0 nitrogen and oxygen atoms in total. The summed E-state index contributed by atoms with van der Waals surface area (Å²) in [7, 11) is 0. The molecule has 0 heterocycles. The number of benzene rings is 1. The summed E-state index contributed by atoms with van der Waals surface area (Å²) in [5, 5.41) is 0. The van der Waals surface area contributed by atoms with E-state index < -0.39 is 0 Å². The van der Waals surface area contributed by atoms with Crippen molar-refractivity contribution in [3.8, 4) is 0 Å².